The zero-order valence-electron chi connectivity index (χ0n) is 7.91. The molecule has 82 valence electrons. The zero-order chi connectivity index (χ0) is 10.8. The van der Waals surface area contributed by atoms with E-state index in [0.29, 0.717) is 5.76 Å². The number of rotatable bonds is 2. The van der Waals surface area contributed by atoms with Gasteiger partial charge >= 0.3 is 0 Å². The minimum absolute atomic E-state index is 0.0838. The fourth-order valence-electron chi connectivity index (χ4n) is 1.78. The van der Waals surface area contributed by atoms with Gasteiger partial charge in [-0.1, -0.05) is 0 Å². The summed E-state index contributed by atoms with van der Waals surface area (Å²) in [4.78, 5) is 10.4. The first-order chi connectivity index (χ1) is 7.18. The van der Waals surface area contributed by atoms with Gasteiger partial charge in [-0.25, -0.2) is 0 Å². The van der Waals surface area contributed by atoms with Crippen molar-refractivity contribution in [3.8, 4) is 0 Å². The first-order valence-electron chi connectivity index (χ1n) is 4.65. The van der Waals surface area contributed by atoms with Crippen molar-refractivity contribution in [1.29, 1.82) is 0 Å². The van der Waals surface area contributed by atoms with Crippen LogP contribution in [0.3, 0.4) is 0 Å². The molecule has 0 bridgehead atoms. The van der Waals surface area contributed by atoms with Gasteiger partial charge in [0.25, 0.3) is 0 Å². The molecule has 2 rings (SSSR count). The molecule has 3 atom stereocenters. The van der Waals surface area contributed by atoms with Gasteiger partial charge in [-0.15, -0.1) is 0 Å². The van der Waals surface area contributed by atoms with Gasteiger partial charge in [0.15, 0.2) is 6.29 Å². The molecule has 1 aromatic rings. The second kappa shape index (κ2) is 4.00. The number of ether oxygens (including phenoxy) is 1. The number of nitrogens with zero attached hydrogens (tertiary/aromatic N) is 1. The molecule has 0 amide bonds. The quantitative estimate of drug-likeness (QED) is 0.578. The fourth-order valence-corrected chi connectivity index (χ4v) is 1.78. The molecule has 6 nitrogen and oxygen atoms in total. The summed E-state index contributed by atoms with van der Waals surface area (Å²) in [5.41, 5.74) is 0. The Balaban J connectivity index is 2.20. The van der Waals surface area contributed by atoms with Crippen LogP contribution < -0.4 is 0 Å². The molecule has 0 aliphatic carbocycles. The highest BCUT2D eigenvalue weighted by atomic mass is 16.6. The topological polar surface area (TPSA) is 85.7 Å². The van der Waals surface area contributed by atoms with Crippen LogP contribution in [0.4, 0.5) is 0 Å². The third kappa shape index (κ3) is 2.00. The van der Waals surface area contributed by atoms with E-state index in [0.717, 1.165) is 0 Å². The Hall–Kier alpha value is -1.40. The molecular weight excluding hydrogens is 202 g/mol. The van der Waals surface area contributed by atoms with Gasteiger partial charge in [-0.3, -0.25) is 10.1 Å². The van der Waals surface area contributed by atoms with E-state index in [1.54, 1.807) is 12.1 Å². The lowest BCUT2D eigenvalue weighted by atomic mass is 9.92. The standard InChI is InChI=1S/C9H11NO5/c11-9-4-6(8-2-1-3-14-8)7(5-15-9)10(12)13/h1-3,6-7,9,11H,4-5H2/t6-,7-,9?/m1/s1. The molecule has 1 aliphatic heterocycles. The van der Waals surface area contributed by atoms with Crippen molar-refractivity contribution < 1.29 is 19.2 Å². The van der Waals surface area contributed by atoms with E-state index in [9.17, 15) is 15.2 Å². The molecule has 0 radical (unpaired) electrons. The fraction of sp³-hybridized carbons (Fsp3) is 0.556. The Morgan fingerprint density at radius 1 is 1.60 bits per heavy atom. The Labute approximate surface area is 85.6 Å². The van der Waals surface area contributed by atoms with Crippen LogP contribution in [-0.4, -0.2) is 29.0 Å². The summed E-state index contributed by atoms with van der Waals surface area (Å²) < 4.78 is 9.98. The van der Waals surface area contributed by atoms with Gasteiger partial charge in [0, 0.05) is 11.3 Å². The van der Waals surface area contributed by atoms with Gasteiger partial charge in [-0.2, -0.15) is 0 Å². The van der Waals surface area contributed by atoms with Gasteiger partial charge in [0.2, 0.25) is 6.04 Å². The van der Waals surface area contributed by atoms with Crippen LogP contribution in [0.25, 0.3) is 0 Å². The number of hydrogen-bond acceptors (Lipinski definition) is 5. The Morgan fingerprint density at radius 3 is 3.00 bits per heavy atom. The molecule has 1 fully saturated rings. The van der Waals surface area contributed by atoms with Crippen LogP contribution >= 0.6 is 0 Å². The van der Waals surface area contributed by atoms with E-state index in [1.165, 1.54) is 6.26 Å². The van der Waals surface area contributed by atoms with Crippen molar-refractivity contribution in [3.63, 3.8) is 0 Å². The Morgan fingerprint density at radius 2 is 2.40 bits per heavy atom. The number of aliphatic hydroxyl groups excluding tert-OH is 1. The summed E-state index contributed by atoms with van der Waals surface area (Å²) in [6.45, 7) is -0.0838. The molecule has 1 unspecified atom stereocenters. The smallest absolute Gasteiger partial charge is 0.246 e. The lowest BCUT2D eigenvalue weighted by Crippen LogP contribution is -2.40. The number of hydrogen-bond donors (Lipinski definition) is 1. The predicted molar refractivity (Wildman–Crippen MR) is 48.8 cm³/mol. The molecule has 0 saturated carbocycles. The van der Waals surface area contributed by atoms with Crippen LogP contribution in [0.1, 0.15) is 18.1 Å². The van der Waals surface area contributed by atoms with Gasteiger partial charge in [-0.05, 0) is 12.1 Å². The maximum Gasteiger partial charge on any atom is 0.246 e. The van der Waals surface area contributed by atoms with Crippen molar-refractivity contribution in [2.45, 2.75) is 24.7 Å². The Bertz CT molecular complexity index is 336. The molecule has 1 saturated heterocycles. The van der Waals surface area contributed by atoms with Crippen LogP contribution in [0.15, 0.2) is 22.8 Å². The molecule has 6 heteroatoms. The Kier molecular flexibility index (Phi) is 2.70. The van der Waals surface area contributed by atoms with Gasteiger partial charge < -0.3 is 14.3 Å². The summed E-state index contributed by atoms with van der Waals surface area (Å²) in [6.07, 6.45) is 0.712. The molecule has 2 heterocycles. The van der Waals surface area contributed by atoms with E-state index >= 15 is 0 Å². The summed E-state index contributed by atoms with van der Waals surface area (Å²) in [5.74, 6) is 0.109. The van der Waals surface area contributed by atoms with Crippen molar-refractivity contribution in [1.82, 2.24) is 0 Å². The third-order valence-electron chi connectivity index (χ3n) is 2.56. The predicted octanol–water partition coefficient (Wildman–Crippen LogP) is 0.747. The summed E-state index contributed by atoms with van der Waals surface area (Å²) in [6, 6.07) is 2.51. The van der Waals surface area contributed by atoms with Crippen LogP contribution in [0.2, 0.25) is 0 Å². The number of nitro groups is 1. The molecular formula is C9H11NO5. The first-order valence-corrected chi connectivity index (χ1v) is 4.65. The largest absolute Gasteiger partial charge is 0.469 e. The maximum atomic E-state index is 10.8. The van der Waals surface area contributed by atoms with E-state index in [2.05, 4.69) is 0 Å². The minimum atomic E-state index is -0.948. The highest BCUT2D eigenvalue weighted by Crippen LogP contribution is 2.31. The lowest BCUT2D eigenvalue weighted by Gasteiger charge is -2.27. The van der Waals surface area contributed by atoms with Crippen molar-refractivity contribution >= 4 is 0 Å². The average molecular weight is 213 g/mol. The number of furan rings is 1. The maximum absolute atomic E-state index is 10.8. The van der Waals surface area contributed by atoms with E-state index in [4.69, 9.17) is 9.15 Å². The first kappa shape index (κ1) is 10.1. The summed E-state index contributed by atoms with van der Waals surface area (Å²) in [7, 11) is 0. The van der Waals surface area contributed by atoms with Gasteiger partial charge in [0.05, 0.1) is 12.2 Å². The van der Waals surface area contributed by atoms with Crippen molar-refractivity contribution in [3.05, 3.63) is 34.3 Å². The SMILES string of the molecule is O=[N+]([O-])[C@@H]1COC(O)C[C@H]1c1ccco1. The minimum Gasteiger partial charge on any atom is -0.469 e. The molecule has 0 aromatic carbocycles. The molecule has 1 aromatic heterocycles. The summed E-state index contributed by atoms with van der Waals surface area (Å²) in [5, 5.41) is 20.1. The highest BCUT2D eigenvalue weighted by molar-refractivity contribution is 5.08. The normalized spacial score (nSPS) is 31.4. The second-order valence-electron chi connectivity index (χ2n) is 3.50. The van der Waals surface area contributed by atoms with Crippen molar-refractivity contribution in [2.24, 2.45) is 0 Å². The van der Waals surface area contributed by atoms with Crippen LogP contribution in [0.5, 0.6) is 0 Å². The second-order valence-corrected chi connectivity index (χ2v) is 3.50. The zero-order valence-corrected chi connectivity index (χ0v) is 7.91. The molecule has 15 heavy (non-hydrogen) atoms. The average Bonchev–Trinajstić information content (AvgIpc) is 2.69. The highest BCUT2D eigenvalue weighted by Gasteiger charge is 2.40. The molecule has 0 spiro atoms. The van der Waals surface area contributed by atoms with Crippen molar-refractivity contribution in [2.75, 3.05) is 6.61 Å². The summed E-state index contributed by atoms with van der Waals surface area (Å²) >= 11 is 0. The molecule has 1 aliphatic rings. The lowest BCUT2D eigenvalue weighted by molar-refractivity contribution is -0.539. The third-order valence-corrected chi connectivity index (χ3v) is 2.56. The van der Waals surface area contributed by atoms with E-state index in [1.807, 2.05) is 0 Å². The van der Waals surface area contributed by atoms with E-state index in [-0.39, 0.29) is 18.0 Å². The van der Waals surface area contributed by atoms with Crippen LogP contribution in [0, 0.1) is 10.1 Å². The number of aliphatic hydroxyl groups is 1. The monoisotopic (exact) mass is 213 g/mol. The molecule has 1 N–H and O–H groups in total. The van der Waals surface area contributed by atoms with Gasteiger partial charge in [0.1, 0.15) is 12.4 Å². The van der Waals surface area contributed by atoms with E-state index < -0.39 is 18.2 Å². The van der Waals surface area contributed by atoms with Crippen LogP contribution in [-0.2, 0) is 4.74 Å².